The molecule has 6 nitrogen and oxygen atoms in total. The smallest absolute Gasteiger partial charge is 0.324 e. The Morgan fingerprint density at radius 3 is 2.48 bits per heavy atom. The summed E-state index contributed by atoms with van der Waals surface area (Å²) >= 11 is 11.8. The molecule has 3 aromatic rings. The molecule has 0 saturated carbocycles. The van der Waals surface area contributed by atoms with Crippen LogP contribution in [0.25, 0.3) is 10.9 Å². The number of rotatable bonds is 5. The number of aromatic nitrogens is 2. The molecule has 1 aromatic heterocycles. The maximum Gasteiger partial charge on any atom is 0.331 e. The molecule has 1 heterocycles. The maximum atomic E-state index is 12.8. The molecular weight excluding hydrogens is 389 g/mol. The molecule has 0 aliphatic carbocycles. The molecule has 8 heteroatoms. The lowest BCUT2D eigenvalue weighted by Gasteiger charge is -2.14. The van der Waals surface area contributed by atoms with E-state index in [0.717, 1.165) is 4.57 Å². The molecule has 0 saturated heterocycles. The second kappa shape index (κ2) is 7.98. The molecule has 0 bridgehead atoms. The zero-order valence-electron chi connectivity index (χ0n) is 14.5. The normalized spacial score (nSPS) is 10.9. The van der Waals surface area contributed by atoms with Crippen molar-refractivity contribution in [3.63, 3.8) is 0 Å². The van der Waals surface area contributed by atoms with Crippen molar-refractivity contribution in [1.82, 2.24) is 9.13 Å². The first-order valence-corrected chi connectivity index (χ1v) is 9.15. The number of hydrogen-bond acceptors (Lipinski definition) is 3. The minimum absolute atomic E-state index is 0.233. The highest BCUT2D eigenvalue weighted by Crippen LogP contribution is 2.25. The van der Waals surface area contributed by atoms with E-state index in [4.69, 9.17) is 23.2 Å². The third-order valence-electron chi connectivity index (χ3n) is 4.08. The van der Waals surface area contributed by atoms with E-state index >= 15 is 0 Å². The summed E-state index contributed by atoms with van der Waals surface area (Å²) in [5.41, 5.74) is 0.0289. The average Bonchev–Trinajstić information content (AvgIpc) is 2.65. The fourth-order valence-corrected chi connectivity index (χ4v) is 3.16. The molecule has 0 radical (unpaired) electrons. The summed E-state index contributed by atoms with van der Waals surface area (Å²) in [6.45, 7) is 1.93. The minimum Gasteiger partial charge on any atom is -0.324 e. The van der Waals surface area contributed by atoms with E-state index in [1.165, 1.54) is 10.6 Å². The summed E-state index contributed by atoms with van der Waals surface area (Å²) in [6, 6.07) is 11.5. The van der Waals surface area contributed by atoms with Gasteiger partial charge >= 0.3 is 5.69 Å². The van der Waals surface area contributed by atoms with E-state index in [1.54, 1.807) is 36.4 Å². The van der Waals surface area contributed by atoms with Crippen molar-refractivity contribution in [3.05, 3.63) is 73.3 Å². The summed E-state index contributed by atoms with van der Waals surface area (Å²) in [7, 11) is 0. The molecule has 3 rings (SSSR count). The Balaban J connectivity index is 2.00. The van der Waals surface area contributed by atoms with Gasteiger partial charge in [0.1, 0.15) is 6.54 Å². The lowest BCUT2D eigenvalue weighted by molar-refractivity contribution is -0.116. The Kier molecular flexibility index (Phi) is 5.68. The van der Waals surface area contributed by atoms with Gasteiger partial charge in [0.2, 0.25) is 5.91 Å². The number of benzene rings is 2. The third kappa shape index (κ3) is 3.91. The van der Waals surface area contributed by atoms with E-state index in [9.17, 15) is 14.4 Å². The zero-order valence-corrected chi connectivity index (χ0v) is 16.0. The van der Waals surface area contributed by atoms with Crippen LogP contribution < -0.4 is 16.6 Å². The van der Waals surface area contributed by atoms with Crippen LogP contribution in [0.3, 0.4) is 0 Å². The van der Waals surface area contributed by atoms with Crippen molar-refractivity contribution in [2.24, 2.45) is 0 Å². The molecule has 0 aliphatic rings. The van der Waals surface area contributed by atoms with Crippen molar-refractivity contribution in [1.29, 1.82) is 0 Å². The monoisotopic (exact) mass is 405 g/mol. The Bertz CT molecular complexity index is 1140. The lowest BCUT2D eigenvalue weighted by Crippen LogP contribution is -2.41. The van der Waals surface area contributed by atoms with Gasteiger partial charge in [0, 0.05) is 12.2 Å². The van der Waals surface area contributed by atoms with Gasteiger partial charge in [-0.25, -0.2) is 4.79 Å². The predicted octanol–water partition coefficient (Wildman–Crippen LogP) is 3.52. The number of carbonyl (C=O) groups is 1. The molecule has 2 aromatic carbocycles. The molecule has 0 atom stereocenters. The molecule has 1 N–H and O–H groups in total. The number of nitrogens with one attached hydrogen (secondary N) is 1. The van der Waals surface area contributed by atoms with Crippen LogP contribution in [0.1, 0.15) is 13.3 Å². The van der Waals surface area contributed by atoms with Crippen molar-refractivity contribution >= 4 is 45.7 Å². The van der Waals surface area contributed by atoms with Gasteiger partial charge in [0.25, 0.3) is 5.56 Å². The number of para-hydroxylation sites is 1. The van der Waals surface area contributed by atoms with Crippen LogP contribution in [-0.2, 0) is 17.9 Å². The van der Waals surface area contributed by atoms with Crippen LogP contribution in [0.15, 0.2) is 52.1 Å². The summed E-state index contributed by atoms with van der Waals surface area (Å²) < 4.78 is 2.47. The van der Waals surface area contributed by atoms with Crippen LogP contribution in [0.4, 0.5) is 5.69 Å². The highest BCUT2D eigenvalue weighted by atomic mass is 35.5. The molecule has 0 unspecified atom stereocenters. The molecule has 27 heavy (non-hydrogen) atoms. The third-order valence-corrected chi connectivity index (χ3v) is 4.82. The number of nitrogens with zero attached hydrogens (tertiary/aromatic N) is 2. The first-order valence-electron chi connectivity index (χ1n) is 8.39. The number of carbonyl (C=O) groups excluding carboxylic acids is 1. The summed E-state index contributed by atoms with van der Waals surface area (Å²) in [4.78, 5) is 37.8. The SMILES string of the molecule is CCCn1c(=O)c2ccccc2n(CC(=O)Nc2ccc(Cl)c(Cl)c2)c1=O. The molecule has 140 valence electrons. The first kappa shape index (κ1) is 19.2. The topological polar surface area (TPSA) is 73.1 Å². The standard InChI is InChI=1S/C19H17Cl2N3O3/c1-2-9-23-18(26)13-5-3-4-6-16(13)24(19(23)27)11-17(25)22-12-7-8-14(20)15(21)10-12/h3-8,10H,2,9,11H2,1H3,(H,22,25). The van der Waals surface area contributed by atoms with Crippen molar-refractivity contribution in [2.75, 3.05) is 5.32 Å². The van der Waals surface area contributed by atoms with Crippen LogP contribution in [0.5, 0.6) is 0 Å². The second-order valence-corrected chi connectivity index (χ2v) is 6.83. The van der Waals surface area contributed by atoms with Gasteiger partial charge in [-0.1, -0.05) is 42.3 Å². The zero-order chi connectivity index (χ0) is 19.6. The quantitative estimate of drug-likeness (QED) is 0.705. The van der Waals surface area contributed by atoms with E-state index in [1.807, 2.05) is 6.92 Å². The van der Waals surface area contributed by atoms with Crippen LogP contribution in [0, 0.1) is 0 Å². The fraction of sp³-hybridized carbons (Fsp3) is 0.211. The highest BCUT2D eigenvalue weighted by Gasteiger charge is 2.15. The summed E-state index contributed by atoms with van der Waals surface area (Å²) in [6.07, 6.45) is 0.628. The van der Waals surface area contributed by atoms with Crippen LogP contribution >= 0.6 is 23.2 Å². The highest BCUT2D eigenvalue weighted by molar-refractivity contribution is 6.42. The lowest BCUT2D eigenvalue weighted by atomic mass is 10.2. The summed E-state index contributed by atoms with van der Waals surface area (Å²) in [5.74, 6) is -0.415. The van der Waals surface area contributed by atoms with Gasteiger partial charge in [-0.05, 0) is 36.8 Å². The number of halogens is 2. The molecule has 0 fully saturated rings. The van der Waals surface area contributed by atoms with E-state index < -0.39 is 11.6 Å². The van der Waals surface area contributed by atoms with Gasteiger partial charge < -0.3 is 5.32 Å². The van der Waals surface area contributed by atoms with Crippen molar-refractivity contribution < 1.29 is 4.79 Å². The Morgan fingerprint density at radius 1 is 1.04 bits per heavy atom. The van der Waals surface area contributed by atoms with Crippen molar-refractivity contribution in [3.8, 4) is 0 Å². The van der Waals surface area contributed by atoms with E-state index in [2.05, 4.69) is 5.32 Å². The fourth-order valence-electron chi connectivity index (χ4n) is 2.86. The minimum atomic E-state index is -0.509. The predicted molar refractivity (Wildman–Crippen MR) is 108 cm³/mol. The summed E-state index contributed by atoms with van der Waals surface area (Å²) in [5, 5.41) is 3.78. The number of amides is 1. The van der Waals surface area contributed by atoms with E-state index in [0.29, 0.717) is 33.1 Å². The second-order valence-electron chi connectivity index (χ2n) is 6.02. The van der Waals surface area contributed by atoms with Gasteiger partial charge in [0.05, 0.1) is 20.9 Å². The largest absolute Gasteiger partial charge is 0.331 e. The van der Waals surface area contributed by atoms with Gasteiger partial charge in [-0.15, -0.1) is 0 Å². The van der Waals surface area contributed by atoms with Gasteiger partial charge in [0.15, 0.2) is 0 Å². The number of fused-ring (bicyclic) bond motifs is 1. The van der Waals surface area contributed by atoms with E-state index in [-0.39, 0.29) is 18.6 Å². The maximum absolute atomic E-state index is 12.8. The molecule has 0 spiro atoms. The first-order chi connectivity index (χ1) is 12.9. The van der Waals surface area contributed by atoms with Gasteiger partial charge in [-0.3, -0.25) is 18.7 Å². The Morgan fingerprint density at radius 2 is 1.78 bits per heavy atom. The van der Waals surface area contributed by atoms with Crippen LogP contribution in [-0.4, -0.2) is 15.0 Å². The van der Waals surface area contributed by atoms with Gasteiger partial charge in [-0.2, -0.15) is 0 Å². The molecule has 0 aliphatic heterocycles. The van der Waals surface area contributed by atoms with Crippen molar-refractivity contribution in [2.45, 2.75) is 26.4 Å². The average molecular weight is 406 g/mol. The Hall–Kier alpha value is -2.57. The Labute approximate surface area is 164 Å². The molecular formula is C19H17Cl2N3O3. The van der Waals surface area contributed by atoms with Crippen LogP contribution in [0.2, 0.25) is 10.0 Å². The number of anilines is 1. The molecule has 1 amide bonds. The number of hydrogen-bond donors (Lipinski definition) is 1.